The van der Waals surface area contributed by atoms with Crippen molar-refractivity contribution >= 4 is 30.6 Å². The number of hydrogen-bond donors (Lipinski definition) is 0. The van der Waals surface area contributed by atoms with Gasteiger partial charge in [-0.3, -0.25) is 4.98 Å². The van der Waals surface area contributed by atoms with Gasteiger partial charge in [0.1, 0.15) is 9.84 Å². The molecule has 6 nitrogen and oxygen atoms in total. The Kier molecular flexibility index (Phi) is 6.55. The maximum Gasteiger partial charge on any atom is 0.195 e. The zero-order valence-corrected chi connectivity index (χ0v) is 20.9. The highest BCUT2D eigenvalue weighted by molar-refractivity contribution is 7.91. The molecule has 0 amide bonds. The highest BCUT2D eigenvalue weighted by Gasteiger charge is 2.18. The van der Waals surface area contributed by atoms with Crippen LogP contribution < -0.4 is 0 Å². The third-order valence-corrected chi connectivity index (χ3v) is 9.23. The average molecular weight is 495 g/mol. The van der Waals surface area contributed by atoms with Gasteiger partial charge < -0.3 is 0 Å². The summed E-state index contributed by atoms with van der Waals surface area (Å²) in [5.74, 6) is 0.00317. The summed E-state index contributed by atoms with van der Waals surface area (Å²) in [7, 11) is -6.52. The van der Waals surface area contributed by atoms with E-state index in [9.17, 15) is 16.8 Å². The molecular weight excluding hydrogens is 468 g/mol. The second-order valence-electron chi connectivity index (χ2n) is 8.43. The van der Waals surface area contributed by atoms with Crippen LogP contribution in [0.2, 0.25) is 0 Å². The minimum Gasteiger partial charge on any atom is -0.256 e. The lowest BCUT2D eigenvalue weighted by molar-refractivity contribution is 0.588. The van der Waals surface area contributed by atoms with E-state index in [4.69, 9.17) is 0 Å². The van der Waals surface area contributed by atoms with Crippen molar-refractivity contribution in [1.82, 2.24) is 9.97 Å². The van der Waals surface area contributed by atoms with Crippen LogP contribution in [0, 0.1) is 0 Å². The Morgan fingerprint density at radius 1 is 0.853 bits per heavy atom. The molecule has 4 rings (SSSR count). The Hall–Kier alpha value is -3.10. The maximum absolute atomic E-state index is 12.1. The summed E-state index contributed by atoms with van der Waals surface area (Å²) in [6, 6.07) is 19.0. The van der Waals surface area contributed by atoms with E-state index >= 15 is 0 Å². The number of fused-ring (bicyclic) bond motifs is 1. The van der Waals surface area contributed by atoms with E-state index in [1.165, 1.54) is 12.3 Å². The summed E-state index contributed by atoms with van der Waals surface area (Å²) < 4.78 is 48.2. The first-order valence-electron chi connectivity index (χ1n) is 10.9. The lowest BCUT2D eigenvalue weighted by atomic mass is 9.95. The van der Waals surface area contributed by atoms with Gasteiger partial charge in [0.25, 0.3) is 0 Å². The number of rotatable bonds is 7. The summed E-state index contributed by atoms with van der Waals surface area (Å²) in [5.41, 5.74) is 5.29. The molecule has 2 aromatic carbocycles. The topological polar surface area (TPSA) is 94.1 Å². The normalized spacial score (nSPS) is 13.1. The molecule has 0 spiro atoms. The molecule has 34 heavy (non-hydrogen) atoms. The van der Waals surface area contributed by atoms with E-state index in [0.717, 1.165) is 38.7 Å². The van der Waals surface area contributed by atoms with Crippen LogP contribution >= 0.6 is 0 Å². The van der Waals surface area contributed by atoms with Gasteiger partial charge in [-0.1, -0.05) is 31.2 Å². The third-order valence-electron chi connectivity index (χ3n) is 5.96. The van der Waals surface area contributed by atoms with Gasteiger partial charge >= 0.3 is 0 Å². The third kappa shape index (κ3) is 5.03. The zero-order chi connectivity index (χ0) is 24.5. The van der Waals surface area contributed by atoms with Gasteiger partial charge in [-0.15, -0.1) is 0 Å². The predicted octanol–water partition coefficient (Wildman–Crippen LogP) is 4.73. The minimum atomic E-state index is -3.36. The minimum absolute atomic E-state index is 0.00317. The fraction of sp³-hybridized carbons (Fsp3) is 0.231. The quantitative estimate of drug-likeness (QED) is 0.369. The SMILES string of the molecule is CCS(=O)(=O)c1ccc(-c2cccc(-c3cc(CC(C)S(C)(=O)=O)cc4cccnc34)c2)cn1. The molecule has 0 radical (unpaired) electrons. The summed E-state index contributed by atoms with van der Waals surface area (Å²) in [6.45, 7) is 3.32. The van der Waals surface area contributed by atoms with Crippen molar-refractivity contribution in [3.05, 3.63) is 78.6 Å². The van der Waals surface area contributed by atoms with Crippen molar-refractivity contribution in [3.8, 4) is 22.3 Å². The second kappa shape index (κ2) is 9.27. The number of aromatic nitrogens is 2. The van der Waals surface area contributed by atoms with E-state index < -0.39 is 24.9 Å². The molecule has 0 N–H and O–H groups in total. The van der Waals surface area contributed by atoms with Crippen LogP contribution in [-0.2, 0) is 26.1 Å². The van der Waals surface area contributed by atoms with Crippen molar-refractivity contribution in [2.24, 2.45) is 0 Å². The molecular formula is C26H26N2O4S2. The standard InChI is InChI=1S/C26H26N2O4S2/c1-4-34(31,32)25-11-10-23(17-28-25)20-7-5-8-21(16-20)24-15-19(13-18(2)33(3,29)30)14-22-9-6-12-27-26(22)24/h5-12,14-18H,4,13H2,1-3H3. The van der Waals surface area contributed by atoms with Crippen molar-refractivity contribution in [3.63, 3.8) is 0 Å². The molecule has 2 aromatic heterocycles. The number of benzene rings is 2. The van der Waals surface area contributed by atoms with Gasteiger partial charge in [-0.25, -0.2) is 21.8 Å². The Morgan fingerprint density at radius 3 is 2.29 bits per heavy atom. The Morgan fingerprint density at radius 2 is 1.62 bits per heavy atom. The highest BCUT2D eigenvalue weighted by atomic mass is 32.2. The number of pyridine rings is 2. The van der Waals surface area contributed by atoms with Crippen LogP contribution in [0.5, 0.6) is 0 Å². The largest absolute Gasteiger partial charge is 0.256 e. The lowest BCUT2D eigenvalue weighted by Gasteiger charge is -2.14. The van der Waals surface area contributed by atoms with Gasteiger partial charge in [-0.05, 0) is 66.4 Å². The smallest absolute Gasteiger partial charge is 0.195 e. The van der Waals surface area contributed by atoms with Crippen LogP contribution in [0.25, 0.3) is 33.2 Å². The van der Waals surface area contributed by atoms with Gasteiger partial charge in [0.15, 0.2) is 14.9 Å². The molecule has 4 aromatic rings. The lowest BCUT2D eigenvalue weighted by Crippen LogP contribution is -2.18. The number of sulfone groups is 2. The second-order valence-corrected chi connectivity index (χ2v) is 13.1. The molecule has 0 aliphatic carbocycles. The van der Waals surface area contributed by atoms with Gasteiger partial charge in [0.2, 0.25) is 0 Å². The molecule has 0 saturated heterocycles. The Balaban J connectivity index is 1.79. The fourth-order valence-corrected chi connectivity index (χ4v) is 5.10. The number of hydrogen-bond acceptors (Lipinski definition) is 6. The van der Waals surface area contributed by atoms with Crippen LogP contribution in [0.1, 0.15) is 19.4 Å². The summed E-state index contributed by atoms with van der Waals surface area (Å²) in [5, 5.41) is 0.513. The van der Waals surface area contributed by atoms with Crippen molar-refractivity contribution in [1.29, 1.82) is 0 Å². The maximum atomic E-state index is 12.1. The molecule has 2 heterocycles. The first-order chi connectivity index (χ1) is 16.1. The average Bonchev–Trinajstić information content (AvgIpc) is 2.83. The van der Waals surface area contributed by atoms with E-state index in [2.05, 4.69) is 9.97 Å². The van der Waals surface area contributed by atoms with Gasteiger partial charge in [-0.2, -0.15) is 0 Å². The Labute approximate surface area is 200 Å². The van der Waals surface area contributed by atoms with Crippen molar-refractivity contribution in [2.75, 3.05) is 12.0 Å². The molecule has 8 heteroatoms. The number of nitrogens with zero attached hydrogens (tertiary/aromatic N) is 2. The predicted molar refractivity (Wildman–Crippen MR) is 136 cm³/mol. The van der Waals surface area contributed by atoms with E-state index in [0.29, 0.717) is 6.42 Å². The Bertz CT molecular complexity index is 1560. The molecule has 1 unspecified atom stereocenters. The monoisotopic (exact) mass is 494 g/mol. The fourth-order valence-electron chi connectivity index (χ4n) is 3.82. The van der Waals surface area contributed by atoms with Crippen LogP contribution in [-0.4, -0.2) is 44.1 Å². The highest BCUT2D eigenvalue weighted by Crippen LogP contribution is 2.32. The molecule has 1 atom stereocenters. The first-order valence-corrected chi connectivity index (χ1v) is 14.6. The summed E-state index contributed by atoms with van der Waals surface area (Å²) in [6.07, 6.45) is 4.98. The molecule has 0 aliphatic heterocycles. The van der Waals surface area contributed by atoms with E-state index in [1.54, 1.807) is 32.3 Å². The molecule has 176 valence electrons. The van der Waals surface area contributed by atoms with Crippen LogP contribution in [0.4, 0.5) is 0 Å². The summed E-state index contributed by atoms with van der Waals surface area (Å²) in [4.78, 5) is 8.74. The van der Waals surface area contributed by atoms with Gasteiger partial charge in [0, 0.05) is 35.2 Å². The first kappa shape index (κ1) is 24.0. The van der Waals surface area contributed by atoms with Crippen molar-refractivity contribution in [2.45, 2.75) is 30.5 Å². The summed E-state index contributed by atoms with van der Waals surface area (Å²) >= 11 is 0. The zero-order valence-electron chi connectivity index (χ0n) is 19.3. The van der Waals surface area contributed by atoms with E-state index in [-0.39, 0.29) is 10.8 Å². The van der Waals surface area contributed by atoms with Gasteiger partial charge in [0.05, 0.1) is 16.5 Å². The van der Waals surface area contributed by atoms with Crippen molar-refractivity contribution < 1.29 is 16.8 Å². The van der Waals surface area contributed by atoms with E-state index in [1.807, 2.05) is 48.5 Å². The van der Waals surface area contributed by atoms with Crippen LogP contribution in [0.3, 0.4) is 0 Å². The molecule has 0 aliphatic rings. The van der Waals surface area contributed by atoms with Crippen LogP contribution in [0.15, 0.2) is 78.1 Å². The molecule has 0 fully saturated rings. The molecule has 0 bridgehead atoms. The molecule has 0 saturated carbocycles.